The molecule has 2 amide bonds. The van der Waals surface area contributed by atoms with Crippen LogP contribution in [0.4, 0.5) is 5.00 Å². The minimum Gasteiger partial charge on any atom is -0.365 e. The van der Waals surface area contributed by atoms with Crippen molar-refractivity contribution in [1.29, 1.82) is 0 Å². The summed E-state index contributed by atoms with van der Waals surface area (Å²) in [6, 6.07) is 5.00. The van der Waals surface area contributed by atoms with Crippen LogP contribution in [0, 0.1) is 11.3 Å². The Bertz CT molecular complexity index is 1400. The van der Waals surface area contributed by atoms with Crippen LogP contribution in [0.15, 0.2) is 23.0 Å². The van der Waals surface area contributed by atoms with Crippen molar-refractivity contribution in [2.45, 2.75) is 72.3 Å². The van der Waals surface area contributed by atoms with E-state index in [4.69, 9.17) is 10.7 Å². The fraction of sp³-hybridized carbons (Fsp3) is 0.481. The molecule has 5 rings (SSSR count). The second-order valence-electron chi connectivity index (χ2n) is 10.9. The zero-order chi connectivity index (χ0) is 24.9. The number of fused-ring (bicyclic) bond motifs is 3. The Morgan fingerprint density at radius 1 is 1.17 bits per heavy atom. The van der Waals surface area contributed by atoms with E-state index in [9.17, 15) is 14.4 Å². The van der Waals surface area contributed by atoms with E-state index in [1.54, 1.807) is 22.8 Å². The number of amides is 2. The Labute approximate surface area is 208 Å². The van der Waals surface area contributed by atoms with Gasteiger partial charge in [0.1, 0.15) is 10.8 Å². The maximum absolute atomic E-state index is 13.2. The summed E-state index contributed by atoms with van der Waals surface area (Å²) in [5, 5.41) is 3.97. The molecule has 3 N–H and O–H groups in total. The average Bonchev–Trinajstić information content (AvgIpc) is 2.99. The highest BCUT2D eigenvalue weighted by molar-refractivity contribution is 7.17. The first kappa shape index (κ1) is 23.7. The summed E-state index contributed by atoms with van der Waals surface area (Å²) in [7, 11) is 0. The van der Waals surface area contributed by atoms with Crippen LogP contribution in [0.25, 0.3) is 10.9 Å². The molecule has 8 heteroatoms. The van der Waals surface area contributed by atoms with Gasteiger partial charge in [-0.2, -0.15) is 0 Å². The van der Waals surface area contributed by atoms with E-state index < -0.39 is 5.91 Å². The number of nitrogens with zero attached hydrogens (tertiary/aromatic N) is 2. The van der Waals surface area contributed by atoms with Gasteiger partial charge < -0.3 is 11.1 Å². The molecule has 0 radical (unpaired) electrons. The number of carbonyl (C=O) groups is 2. The maximum Gasteiger partial charge on any atom is 0.261 e. The SMILES string of the molecule is CC(C)(C)C1CCc2c(sc(NC(=O)c3ccc4c(=O)n5c(nc4c3)CCCCC5)c2C(N)=O)C1. The van der Waals surface area contributed by atoms with Crippen LogP contribution < -0.4 is 16.6 Å². The smallest absolute Gasteiger partial charge is 0.261 e. The van der Waals surface area contributed by atoms with E-state index in [-0.39, 0.29) is 16.9 Å². The number of rotatable bonds is 3. The first-order valence-electron chi connectivity index (χ1n) is 12.4. The van der Waals surface area contributed by atoms with Gasteiger partial charge in [-0.15, -0.1) is 11.3 Å². The van der Waals surface area contributed by atoms with Crippen molar-refractivity contribution < 1.29 is 9.59 Å². The number of primary amides is 1. The lowest BCUT2D eigenvalue weighted by atomic mass is 9.72. The van der Waals surface area contributed by atoms with Gasteiger partial charge >= 0.3 is 0 Å². The summed E-state index contributed by atoms with van der Waals surface area (Å²) in [5.41, 5.74) is 8.23. The van der Waals surface area contributed by atoms with E-state index in [0.29, 0.717) is 39.5 Å². The first-order chi connectivity index (χ1) is 16.6. The van der Waals surface area contributed by atoms with Crippen LogP contribution in [-0.2, 0) is 25.8 Å². The monoisotopic (exact) mass is 492 g/mol. The minimum atomic E-state index is -0.511. The molecule has 2 aliphatic rings. The number of hydrogen-bond acceptors (Lipinski definition) is 5. The first-order valence-corrected chi connectivity index (χ1v) is 13.2. The predicted octanol–water partition coefficient (Wildman–Crippen LogP) is 4.69. The van der Waals surface area contributed by atoms with Crippen LogP contribution in [0.3, 0.4) is 0 Å². The van der Waals surface area contributed by atoms with E-state index >= 15 is 0 Å². The zero-order valence-corrected chi connectivity index (χ0v) is 21.4. The van der Waals surface area contributed by atoms with Gasteiger partial charge in [-0.3, -0.25) is 19.0 Å². The van der Waals surface area contributed by atoms with Crippen molar-refractivity contribution in [2.24, 2.45) is 17.1 Å². The van der Waals surface area contributed by atoms with Gasteiger partial charge in [-0.05, 0) is 67.2 Å². The summed E-state index contributed by atoms with van der Waals surface area (Å²) in [5.74, 6) is 0.451. The molecule has 0 fully saturated rings. The second kappa shape index (κ2) is 8.90. The highest BCUT2D eigenvalue weighted by Gasteiger charge is 2.33. The number of carbonyl (C=O) groups excluding carboxylic acids is 2. The van der Waals surface area contributed by atoms with Crippen molar-refractivity contribution in [3.05, 3.63) is 55.9 Å². The summed E-state index contributed by atoms with van der Waals surface area (Å²) in [4.78, 5) is 44.5. The van der Waals surface area contributed by atoms with E-state index in [1.807, 2.05) is 0 Å². The predicted molar refractivity (Wildman–Crippen MR) is 139 cm³/mol. The fourth-order valence-corrected chi connectivity index (χ4v) is 6.74. The standard InChI is InChI=1S/C27H32N4O3S/c1-27(2,3)16-9-11-18-20(14-16)35-25(22(18)23(28)32)30-24(33)15-8-10-17-19(13-15)29-21-7-5-4-6-12-31(21)26(17)34/h8,10,13,16H,4-7,9,11-12,14H2,1-3H3,(H2,28,32)(H,30,33). The summed E-state index contributed by atoms with van der Waals surface area (Å²) < 4.78 is 1.77. The fourth-order valence-electron chi connectivity index (χ4n) is 5.41. The Morgan fingerprint density at radius 2 is 1.97 bits per heavy atom. The summed E-state index contributed by atoms with van der Waals surface area (Å²) in [6.07, 6.45) is 6.50. The Kier molecular flexibility index (Phi) is 6.03. The number of aryl methyl sites for hydroxylation is 1. The van der Waals surface area contributed by atoms with Crippen LogP contribution in [0.2, 0.25) is 0 Å². The molecule has 1 aliphatic carbocycles. The highest BCUT2D eigenvalue weighted by atomic mass is 32.1. The molecule has 0 bridgehead atoms. The lowest BCUT2D eigenvalue weighted by Gasteiger charge is -2.33. The quantitative estimate of drug-likeness (QED) is 0.553. The van der Waals surface area contributed by atoms with Crippen LogP contribution in [0.1, 0.15) is 83.4 Å². The molecule has 35 heavy (non-hydrogen) atoms. The Balaban J connectivity index is 1.47. The Hall–Kier alpha value is -3.00. The van der Waals surface area contributed by atoms with Crippen molar-refractivity contribution in [1.82, 2.24) is 9.55 Å². The van der Waals surface area contributed by atoms with E-state index in [1.165, 1.54) is 11.3 Å². The minimum absolute atomic E-state index is 0.0470. The molecule has 3 aromatic rings. The second-order valence-corrected chi connectivity index (χ2v) is 12.0. The number of benzene rings is 1. The van der Waals surface area contributed by atoms with Gasteiger partial charge in [0.25, 0.3) is 17.4 Å². The summed E-state index contributed by atoms with van der Waals surface area (Å²) >= 11 is 1.46. The van der Waals surface area contributed by atoms with Crippen molar-refractivity contribution in [3.8, 4) is 0 Å². The molecule has 1 unspecified atom stereocenters. The topological polar surface area (TPSA) is 107 Å². The molecule has 184 valence electrons. The van der Waals surface area contributed by atoms with Gasteiger partial charge in [0.15, 0.2) is 0 Å². The molecule has 1 aromatic carbocycles. The lowest BCUT2D eigenvalue weighted by Crippen LogP contribution is -2.27. The number of anilines is 1. The van der Waals surface area contributed by atoms with Crippen molar-refractivity contribution in [3.63, 3.8) is 0 Å². The lowest BCUT2D eigenvalue weighted by molar-refractivity contribution is 0.1000. The van der Waals surface area contributed by atoms with Crippen LogP contribution in [-0.4, -0.2) is 21.4 Å². The highest BCUT2D eigenvalue weighted by Crippen LogP contribution is 2.44. The van der Waals surface area contributed by atoms with E-state index in [2.05, 4.69) is 26.1 Å². The van der Waals surface area contributed by atoms with Crippen molar-refractivity contribution >= 4 is 39.1 Å². The normalized spacial score (nSPS) is 18.0. The molecular formula is C27H32N4O3S. The molecule has 0 saturated heterocycles. The third-order valence-corrected chi connectivity index (χ3v) is 8.71. The van der Waals surface area contributed by atoms with E-state index in [0.717, 1.165) is 61.2 Å². The molecule has 1 atom stereocenters. The van der Waals surface area contributed by atoms with Gasteiger partial charge in [0.2, 0.25) is 0 Å². The molecular weight excluding hydrogens is 460 g/mol. The van der Waals surface area contributed by atoms with Crippen LogP contribution >= 0.6 is 11.3 Å². The largest absolute Gasteiger partial charge is 0.365 e. The zero-order valence-electron chi connectivity index (χ0n) is 20.6. The van der Waals surface area contributed by atoms with Gasteiger partial charge in [0, 0.05) is 23.4 Å². The van der Waals surface area contributed by atoms with Gasteiger partial charge in [0.05, 0.1) is 16.5 Å². The van der Waals surface area contributed by atoms with Gasteiger partial charge in [-0.1, -0.05) is 27.2 Å². The number of nitrogens with one attached hydrogen (secondary N) is 1. The van der Waals surface area contributed by atoms with Crippen LogP contribution in [0.5, 0.6) is 0 Å². The molecule has 2 aromatic heterocycles. The number of hydrogen-bond donors (Lipinski definition) is 2. The molecule has 7 nitrogen and oxygen atoms in total. The summed E-state index contributed by atoms with van der Waals surface area (Å²) in [6.45, 7) is 7.42. The number of aromatic nitrogens is 2. The molecule has 1 aliphatic heterocycles. The third kappa shape index (κ3) is 4.40. The maximum atomic E-state index is 13.2. The van der Waals surface area contributed by atoms with Crippen molar-refractivity contribution in [2.75, 3.05) is 5.32 Å². The average molecular weight is 493 g/mol. The Morgan fingerprint density at radius 3 is 2.71 bits per heavy atom. The third-order valence-electron chi connectivity index (χ3n) is 7.54. The van der Waals surface area contributed by atoms with Gasteiger partial charge in [-0.25, -0.2) is 4.98 Å². The number of nitrogens with two attached hydrogens (primary N) is 1. The molecule has 3 heterocycles. The molecule has 0 spiro atoms. The number of thiophene rings is 1. The molecule has 0 saturated carbocycles.